The lowest BCUT2D eigenvalue weighted by molar-refractivity contribution is -0.132. The van der Waals surface area contributed by atoms with Gasteiger partial charge in [0.05, 0.1) is 5.25 Å². The first-order valence-electron chi connectivity index (χ1n) is 6.94. The van der Waals surface area contributed by atoms with Crippen molar-refractivity contribution >= 4 is 17.7 Å². The third-order valence-corrected chi connectivity index (χ3v) is 5.56. The van der Waals surface area contributed by atoms with Crippen molar-refractivity contribution in [1.82, 2.24) is 4.90 Å². The van der Waals surface area contributed by atoms with E-state index >= 15 is 0 Å². The zero-order valence-corrected chi connectivity index (χ0v) is 12.0. The summed E-state index contributed by atoms with van der Waals surface area (Å²) in [6, 6.07) is 8.45. The third-order valence-electron chi connectivity index (χ3n) is 4.25. The summed E-state index contributed by atoms with van der Waals surface area (Å²) in [5.74, 6) is 0.793. The second-order valence-corrected chi connectivity index (χ2v) is 6.88. The number of hydrogen-bond acceptors (Lipinski definition) is 3. The fourth-order valence-corrected chi connectivity index (χ4v) is 4.10. The molecule has 3 atom stereocenters. The van der Waals surface area contributed by atoms with Crippen LogP contribution in [0.2, 0.25) is 0 Å². The molecule has 1 saturated heterocycles. The summed E-state index contributed by atoms with van der Waals surface area (Å²) in [7, 11) is 0. The molecule has 2 heterocycles. The highest BCUT2D eigenvalue weighted by atomic mass is 32.2. The molecule has 0 saturated carbocycles. The maximum absolute atomic E-state index is 12.6. The predicted molar refractivity (Wildman–Crippen MR) is 78.1 cm³/mol. The van der Waals surface area contributed by atoms with Crippen molar-refractivity contribution in [1.29, 1.82) is 0 Å². The molecule has 0 aromatic heterocycles. The summed E-state index contributed by atoms with van der Waals surface area (Å²) in [6.45, 7) is 3.75. The van der Waals surface area contributed by atoms with Gasteiger partial charge in [0.2, 0.25) is 5.91 Å². The Morgan fingerprint density at radius 2 is 2.21 bits per heavy atom. The topological polar surface area (TPSA) is 46.3 Å². The maximum atomic E-state index is 12.6. The fraction of sp³-hybridized carbons (Fsp3) is 0.533. The van der Waals surface area contributed by atoms with Crippen LogP contribution in [-0.2, 0) is 11.2 Å². The standard InChI is InChI=1S/C15H20N2OS/c1-10-6-7-17(9-12(10)16)15(18)14-8-11-4-2-3-5-13(11)19-14/h2-5,10,12,14H,6-9,16H2,1H3. The Morgan fingerprint density at radius 3 is 2.95 bits per heavy atom. The molecule has 3 rings (SSSR count). The lowest BCUT2D eigenvalue weighted by Gasteiger charge is -2.36. The molecule has 1 aromatic carbocycles. The number of carbonyl (C=O) groups is 1. The van der Waals surface area contributed by atoms with Gasteiger partial charge in [-0.25, -0.2) is 0 Å². The largest absolute Gasteiger partial charge is 0.340 e. The molecule has 2 aliphatic rings. The first kappa shape index (κ1) is 13.0. The molecule has 1 aromatic rings. The Balaban J connectivity index is 1.67. The molecule has 4 heteroatoms. The lowest BCUT2D eigenvalue weighted by atomic mass is 9.94. The Bertz CT molecular complexity index is 466. The van der Waals surface area contributed by atoms with Crippen LogP contribution in [0, 0.1) is 5.92 Å². The van der Waals surface area contributed by atoms with Crippen LogP contribution in [0.5, 0.6) is 0 Å². The number of nitrogens with two attached hydrogens (primary N) is 1. The van der Waals surface area contributed by atoms with Gasteiger partial charge in [-0.1, -0.05) is 25.1 Å². The van der Waals surface area contributed by atoms with Gasteiger partial charge in [0.1, 0.15) is 0 Å². The number of carbonyl (C=O) groups excluding carboxylic acids is 1. The summed E-state index contributed by atoms with van der Waals surface area (Å²) < 4.78 is 0. The van der Waals surface area contributed by atoms with Crippen molar-refractivity contribution in [2.45, 2.75) is 36.0 Å². The summed E-state index contributed by atoms with van der Waals surface area (Å²) >= 11 is 1.71. The van der Waals surface area contributed by atoms with Crippen LogP contribution in [-0.4, -0.2) is 35.2 Å². The molecular formula is C15H20N2OS. The molecule has 2 N–H and O–H groups in total. The number of thioether (sulfide) groups is 1. The van der Waals surface area contributed by atoms with Crippen LogP contribution in [0.25, 0.3) is 0 Å². The number of amides is 1. The number of rotatable bonds is 1. The number of fused-ring (bicyclic) bond motifs is 1. The van der Waals surface area contributed by atoms with Gasteiger partial charge in [-0.2, -0.15) is 0 Å². The van der Waals surface area contributed by atoms with E-state index in [4.69, 9.17) is 5.73 Å². The summed E-state index contributed by atoms with van der Waals surface area (Å²) in [4.78, 5) is 15.8. The molecular weight excluding hydrogens is 256 g/mol. The molecule has 102 valence electrons. The van der Waals surface area contributed by atoms with E-state index in [1.807, 2.05) is 17.0 Å². The molecule has 3 unspecified atom stereocenters. The van der Waals surface area contributed by atoms with E-state index in [0.29, 0.717) is 12.5 Å². The first-order valence-corrected chi connectivity index (χ1v) is 7.82. The minimum atomic E-state index is 0.0537. The SMILES string of the molecule is CC1CCN(C(=O)C2Cc3ccccc3S2)CC1N. The average Bonchev–Trinajstić information content (AvgIpc) is 2.85. The van der Waals surface area contributed by atoms with Gasteiger partial charge in [0.25, 0.3) is 0 Å². The van der Waals surface area contributed by atoms with E-state index in [0.717, 1.165) is 19.4 Å². The molecule has 2 aliphatic heterocycles. The van der Waals surface area contributed by atoms with Gasteiger partial charge in [0, 0.05) is 24.0 Å². The normalized spacial score (nSPS) is 30.2. The number of nitrogens with zero attached hydrogens (tertiary/aromatic N) is 1. The lowest BCUT2D eigenvalue weighted by Crippen LogP contribution is -2.51. The van der Waals surface area contributed by atoms with E-state index < -0.39 is 0 Å². The molecule has 0 bridgehead atoms. The highest BCUT2D eigenvalue weighted by Gasteiger charge is 2.34. The predicted octanol–water partition coefficient (Wildman–Crippen LogP) is 1.90. The van der Waals surface area contributed by atoms with Gasteiger partial charge < -0.3 is 10.6 Å². The van der Waals surface area contributed by atoms with Crippen LogP contribution < -0.4 is 5.73 Å². The zero-order chi connectivity index (χ0) is 13.4. The molecule has 0 radical (unpaired) electrons. The molecule has 3 nitrogen and oxygen atoms in total. The fourth-order valence-electron chi connectivity index (χ4n) is 2.82. The first-order chi connectivity index (χ1) is 9.15. The average molecular weight is 276 g/mol. The minimum Gasteiger partial charge on any atom is -0.340 e. The van der Waals surface area contributed by atoms with E-state index in [1.54, 1.807) is 11.8 Å². The van der Waals surface area contributed by atoms with Crippen LogP contribution in [0.4, 0.5) is 0 Å². The van der Waals surface area contributed by atoms with Gasteiger partial charge in [-0.05, 0) is 30.4 Å². The summed E-state index contributed by atoms with van der Waals surface area (Å²) in [5, 5.41) is 0.0537. The second-order valence-electron chi connectivity index (χ2n) is 5.63. The Hall–Kier alpha value is -1.00. The van der Waals surface area contributed by atoms with Crippen LogP contribution in [0.1, 0.15) is 18.9 Å². The number of benzene rings is 1. The van der Waals surface area contributed by atoms with Gasteiger partial charge in [0.15, 0.2) is 0 Å². The monoisotopic (exact) mass is 276 g/mol. The van der Waals surface area contributed by atoms with Gasteiger partial charge in [-0.15, -0.1) is 11.8 Å². The second kappa shape index (κ2) is 5.17. The molecule has 0 spiro atoms. The summed E-state index contributed by atoms with van der Waals surface area (Å²) in [5.41, 5.74) is 7.39. The van der Waals surface area contributed by atoms with Crippen molar-refractivity contribution in [2.75, 3.05) is 13.1 Å². The van der Waals surface area contributed by atoms with Crippen molar-refractivity contribution in [3.63, 3.8) is 0 Å². The van der Waals surface area contributed by atoms with Crippen LogP contribution in [0.3, 0.4) is 0 Å². The molecule has 19 heavy (non-hydrogen) atoms. The Kier molecular flexibility index (Phi) is 3.54. The third kappa shape index (κ3) is 2.51. The zero-order valence-electron chi connectivity index (χ0n) is 11.2. The summed E-state index contributed by atoms with van der Waals surface area (Å²) in [6.07, 6.45) is 1.89. The van der Waals surface area contributed by atoms with Crippen molar-refractivity contribution in [3.05, 3.63) is 29.8 Å². The van der Waals surface area contributed by atoms with Crippen molar-refractivity contribution in [2.24, 2.45) is 11.7 Å². The number of piperidine rings is 1. The van der Waals surface area contributed by atoms with Crippen LogP contribution in [0.15, 0.2) is 29.2 Å². The van der Waals surface area contributed by atoms with E-state index in [2.05, 4.69) is 19.1 Å². The maximum Gasteiger partial charge on any atom is 0.236 e. The highest BCUT2D eigenvalue weighted by molar-refractivity contribution is 8.01. The number of likely N-dealkylation sites (tertiary alicyclic amines) is 1. The van der Waals surface area contributed by atoms with Gasteiger partial charge in [-0.3, -0.25) is 4.79 Å². The number of hydrogen-bond donors (Lipinski definition) is 1. The van der Waals surface area contributed by atoms with Crippen LogP contribution >= 0.6 is 11.8 Å². The van der Waals surface area contributed by atoms with E-state index in [9.17, 15) is 4.79 Å². The molecule has 0 aliphatic carbocycles. The van der Waals surface area contributed by atoms with E-state index in [1.165, 1.54) is 10.5 Å². The Morgan fingerprint density at radius 1 is 1.42 bits per heavy atom. The van der Waals surface area contributed by atoms with Crippen molar-refractivity contribution in [3.8, 4) is 0 Å². The molecule has 1 amide bonds. The van der Waals surface area contributed by atoms with E-state index in [-0.39, 0.29) is 17.2 Å². The van der Waals surface area contributed by atoms with Crippen molar-refractivity contribution < 1.29 is 4.79 Å². The Labute approximate surface area is 118 Å². The minimum absolute atomic E-state index is 0.0537. The molecule has 1 fully saturated rings. The highest BCUT2D eigenvalue weighted by Crippen LogP contribution is 2.37. The quantitative estimate of drug-likeness (QED) is 0.852. The van der Waals surface area contributed by atoms with Gasteiger partial charge >= 0.3 is 0 Å². The smallest absolute Gasteiger partial charge is 0.236 e.